The third-order valence-electron chi connectivity index (χ3n) is 7.05. The zero-order valence-electron chi connectivity index (χ0n) is 21.1. The molecule has 4 amide bonds. The summed E-state index contributed by atoms with van der Waals surface area (Å²) in [5, 5.41) is 6.02. The Morgan fingerprint density at radius 3 is 2.37 bits per heavy atom. The van der Waals surface area contributed by atoms with Crippen molar-refractivity contribution >= 4 is 29.2 Å². The number of morpholine rings is 1. The maximum atomic E-state index is 13.6. The number of nitrogens with zero attached hydrogens (tertiary/aromatic N) is 3. The van der Waals surface area contributed by atoms with Crippen LogP contribution in [0.2, 0.25) is 0 Å². The van der Waals surface area contributed by atoms with E-state index in [4.69, 9.17) is 4.74 Å². The third kappa shape index (κ3) is 6.45. The molecule has 1 aromatic carbocycles. The highest BCUT2D eigenvalue weighted by molar-refractivity contribution is 6.02. The summed E-state index contributed by atoms with van der Waals surface area (Å²) in [5.74, 6) is 0.0576. The van der Waals surface area contributed by atoms with Crippen LogP contribution in [0.25, 0.3) is 0 Å². The molecule has 0 unspecified atom stereocenters. The number of nitrogens with one attached hydrogen (secondary N) is 2. The normalized spacial score (nSPS) is 19.6. The average Bonchev–Trinajstić information content (AvgIpc) is 3.29. The predicted molar refractivity (Wildman–Crippen MR) is 136 cm³/mol. The molecule has 0 radical (unpaired) electrons. The Hall–Kier alpha value is -2.81. The van der Waals surface area contributed by atoms with Crippen LogP contribution >= 0.6 is 0 Å². The minimum absolute atomic E-state index is 0.0427. The SMILES string of the molecule is CC(C)NC(=O)N1CCCN(c2ccc(NC(=O)C3CCCC3)cc2C(=O)N2CCOCC2)CC1. The molecule has 3 fully saturated rings. The standard InChI is InChI=1S/C26H39N5O4/c1-19(2)27-26(34)31-11-5-10-29(12-13-31)23-9-8-21(28-24(32)20-6-3-4-7-20)18-22(23)25(33)30-14-16-35-17-15-30/h8-9,18-20H,3-7,10-17H2,1-2H3,(H,27,34)(H,28,32). The third-order valence-corrected chi connectivity index (χ3v) is 7.05. The second-order valence-corrected chi connectivity index (χ2v) is 10.0. The molecule has 0 atom stereocenters. The maximum absolute atomic E-state index is 13.6. The Morgan fingerprint density at radius 1 is 0.914 bits per heavy atom. The molecule has 1 aromatic rings. The molecule has 2 aliphatic heterocycles. The van der Waals surface area contributed by atoms with E-state index >= 15 is 0 Å². The first-order valence-corrected chi connectivity index (χ1v) is 13.0. The van der Waals surface area contributed by atoms with Gasteiger partial charge in [0.15, 0.2) is 0 Å². The van der Waals surface area contributed by atoms with Gasteiger partial charge < -0.3 is 30.1 Å². The lowest BCUT2D eigenvalue weighted by molar-refractivity contribution is -0.119. The van der Waals surface area contributed by atoms with E-state index in [1.165, 1.54) is 0 Å². The van der Waals surface area contributed by atoms with E-state index in [0.29, 0.717) is 57.2 Å². The second kappa shape index (κ2) is 11.7. The lowest BCUT2D eigenvalue weighted by Gasteiger charge is -2.31. The second-order valence-electron chi connectivity index (χ2n) is 10.0. The van der Waals surface area contributed by atoms with E-state index < -0.39 is 0 Å². The highest BCUT2D eigenvalue weighted by Gasteiger charge is 2.27. The molecular weight excluding hydrogens is 446 g/mol. The van der Waals surface area contributed by atoms with E-state index in [-0.39, 0.29) is 29.8 Å². The molecule has 2 N–H and O–H groups in total. The van der Waals surface area contributed by atoms with Crippen molar-refractivity contribution in [2.24, 2.45) is 5.92 Å². The smallest absolute Gasteiger partial charge is 0.317 e. The van der Waals surface area contributed by atoms with Crippen molar-refractivity contribution in [1.29, 1.82) is 0 Å². The quantitative estimate of drug-likeness (QED) is 0.669. The summed E-state index contributed by atoms with van der Waals surface area (Å²) in [6.07, 6.45) is 4.87. The first kappa shape index (κ1) is 25.3. The van der Waals surface area contributed by atoms with Crippen LogP contribution in [-0.2, 0) is 9.53 Å². The molecule has 4 rings (SSSR count). The lowest BCUT2D eigenvalue weighted by atomic mass is 10.1. The number of hydrogen-bond acceptors (Lipinski definition) is 5. The molecule has 1 saturated carbocycles. The molecule has 35 heavy (non-hydrogen) atoms. The van der Waals surface area contributed by atoms with E-state index in [0.717, 1.165) is 44.3 Å². The Balaban J connectivity index is 1.54. The predicted octanol–water partition coefficient (Wildman–Crippen LogP) is 2.92. The van der Waals surface area contributed by atoms with Gasteiger partial charge in [0.2, 0.25) is 5.91 Å². The number of ether oxygens (including phenoxy) is 1. The van der Waals surface area contributed by atoms with Crippen LogP contribution in [0.5, 0.6) is 0 Å². The molecule has 0 bridgehead atoms. The minimum Gasteiger partial charge on any atom is -0.378 e. The molecule has 0 spiro atoms. The highest BCUT2D eigenvalue weighted by atomic mass is 16.5. The van der Waals surface area contributed by atoms with Crippen LogP contribution in [0, 0.1) is 5.92 Å². The van der Waals surface area contributed by atoms with Gasteiger partial charge in [-0.25, -0.2) is 4.79 Å². The topological polar surface area (TPSA) is 94.2 Å². The molecular formula is C26H39N5O4. The number of urea groups is 1. The molecule has 0 aromatic heterocycles. The number of hydrogen-bond donors (Lipinski definition) is 2. The molecule has 2 saturated heterocycles. The lowest BCUT2D eigenvalue weighted by Crippen LogP contribution is -2.44. The van der Waals surface area contributed by atoms with E-state index in [9.17, 15) is 14.4 Å². The summed E-state index contributed by atoms with van der Waals surface area (Å²) in [4.78, 5) is 44.7. The molecule has 9 heteroatoms. The van der Waals surface area contributed by atoms with Crippen molar-refractivity contribution in [1.82, 2.24) is 15.1 Å². The Bertz CT molecular complexity index is 909. The van der Waals surface area contributed by atoms with Gasteiger partial charge in [-0.3, -0.25) is 9.59 Å². The zero-order chi connectivity index (χ0) is 24.8. The van der Waals surface area contributed by atoms with Gasteiger partial charge in [0.1, 0.15) is 0 Å². The van der Waals surface area contributed by atoms with Crippen molar-refractivity contribution < 1.29 is 19.1 Å². The summed E-state index contributed by atoms with van der Waals surface area (Å²) in [7, 11) is 0. The fourth-order valence-electron chi connectivity index (χ4n) is 5.13. The Kier molecular flexibility index (Phi) is 8.49. The van der Waals surface area contributed by atoms with E-state index in [1.807, 2.05) is 41.8 Å². The number of carbonyl (C=O) groups is 3. The molecule has 1 aliphatic carbocycles. The molecule has 192 valence electrons. The van der Waals surface area contributed by atoms with Crippen LogP contribution in [0.4, 0.5) is 16.2 Å². The first-order valence-electron chi connectivity index (χ1n) is 13.0. The largest absolute Gasteiger partial charge is 0.378 e. The van der Waals surface area contributed by atoms with Gasteiger partial charge in [0, 0.05) is 62.6 Å². The van der Waals surface area contributed by atoms with Crippen molar-refractivity contribution in [2.75, 3.05) is 62.7 Å². The van der Waals surface area contributed by atoms with Gasteiger partial charge in [0.05, 0.1) is 18.8 Å². The van der Waals surface area contributed by atoms with Crippen LogP contribution in [0.15, 0.2) is 18.2 Å². The van der Waals surface area contributed by atoms with Gasteiger partial charge in [-0.15, -0.1) is 0 Å². The first-order chi connectivity index (χ1) is 16.9. The van der Waals surface area contributed by atoms with Crippen LogP contribution in [0.1, 0.15) is 56.3 Å². The summed E-state index contributed by atoms with van der Waals surface area (Å²) in [6.45, 7) is 8.75. The molecule has 3 aliphatic rings. The van der Waals surface area contributed by atoms with Crippen molar-refractivity contribution in [3.63, 3.8) is 0 Å². The highest BCUT2D eigenvalue weighted by Crippen LogP contribution is 2.30. The Labute approximate surface area is 208 Å². The van der Waals surface area contributed by atoms with E-state index in [1.54, 1.807) is 0 Å². The van der Waals surface area contributed by atoms with Gasteiger partial charge in [-0.1, -0.05) is 12.8 Å². The Morgan fingerprint density at radius 2 is 1.66 bits per heavy atom. The van der Waals surface area contributed by atoms with Crippen molar-refractivity contribution in [3.8, 4) is 0 Å². The molecule has 9 nitrogen and oxygen atoms in total. The van der Waals surface area contributed by atoms with Gasteiger partial charge in [-0.05, 0) is 51.3 Å². The summed E-state index contributed by atoms with van der Waals surface area (Å²) < 4.78 is 5.44. The number of carbonyl (C=O) groups excluding carboxylic acids is 3. The fraction of sp³-hybridized carbons (Fsp3) is 0.654. The van der Waals surface area contributed by atoms with Crippen LogP contribution in [-0.4, -0.2) is 86.2 Å². The summed E-state index contributed by atoms with van der Waals surface area (Å²) in [5.41, 5.74) is 2.11. The van der Waals surface area contributed by atoms with E-state index in [2.05, 4.69) is 15.5 Å². The van der Waals surface area contributed by atoms with Crippen LogP contribution < -0.4 is 15.5 Å². The monoisotopic (exact) mass is 485 g/mol. The minimum atomic E-state index is -0.0450. The zero-order valence-corrected chi connectivity index (χ0v) is 21.1. The number of benzene rings is 1. The number of anilines is 2. The molecule has 2 heterocycles. The summed E-state index contributed by atoms with van der Waals surface area (Å²) >= 11 is 0. The maximum Gasteiger partial charge on any atom is 0.317 e. The fourth-order valence-corrected chi connectivity index (χ4v) is 5.13. The van der Waals surface area contributed by atoms with Gasteiger partial charge >= 0.3 is 6.03 Å². The van der Waals surface area contributed by atoms with Crippen molar-refractivity contribution in [3.05, 3.63) is 23.8 Å². The number of amides is 4. The van der Waals surface area contributed by atoms with Crippen LogP contribution in [0.3, 0.4) is 0 Å². The van der Waals surface area contributed by atoms with Gasteiger partial charge in [-0.2, -0.15) is 0 Å². The van der Waals surface area contributed by atoms with Crippen molar-refractivity contribution in [2.45, 2.75) is 52.0 Å². The number of rotatable bonds is 5. The van der Waals surface area contributed by atoms with Gasteiger partial charge in [0.25, 0.3) is 5.91 Å². The average molecular weight is 486 g/mol. The summed E-state index contributed by atoms with van der Waals surface area (Å²) in [6, 6.07) is 5.71.